The molecule has 118 valence electrons. The number of hydrogen-bond donors (Lipinski definition) is 0. The fourth-order valence-electron chi connectivity index (χ4n) is 4.09. The van der Waals surface area contributed by atoms with Crippen LogP contribution in [-0.4, -0.2) is 10.8 Å². The number of nitrogens with zero attached hydrogens (tertiary/aromatic N) is 2. The Kier molecular flexibility index (Phi) is 3.66. The van der Waals surface area contributed by atoms with E-state index in [1.807, 2.05) is 48.5 Å². The fourth-order valence-corrected chi connectivity index (χ4v) is 4.09. The highest BCUT2D eigenvalue weighted by Crippen LogP contribution is 2.49. The molecular formula is C21H18N2O. The standard InChI is InChI=1S/C21H18N2O/c22-14-23-20-17(13-15-7-3-1-4-8-15)11-12-18(20)19(21(23)24)16-9-5-2-6-10-16/h1-10,18-19H,11-13H2. The van der Waals surface area contributed by atoms with Crippen molar-refractivity contribution in [3.05, 3.63) is 83.1 Å². The van der Waals surface area contributed by atoms with Crippen molar-refractivity contribution in [2.75, 3.05) is 0 Å². The number of likely N-dealkylation sites (tertiary alicyclic amines) is 1. The number of carbonyl (C=O) groups is 1. The molecule has 3 heteroatoms. The molecule has 0 spiro atoms. The number of allylic oxidation sites excluding steroid dienone is 2. The van der Waals surface area contributed by atoms with Crippen molar-refractivity contribution >= 4 is 5.91 Å². The molecule has 24 heavy (non-hydrogen) atoms. The highest BCUT2D eigenvalue weighted by Gasteiger charge is 2.49. The van der Waals surface area contributed by atoms with E-state index in [2.05, 4.69) is 18.3 Å². The van der Waals surface area contributed by atoms with E-state index in [-0.39, 0.29) is 17.7 Å². The van der Waals surface area contributed by atoms with Gasteiger partial charge in [0.05, 0.1) is 5.92 Å². The summed E-state index contributed by atoms with van der Waals surface area (Å²) in [4.78, 5) is 14.2. The fraction of sp³-hybridized carbons (Fsp3) is 0.238. The van der Waals surface area contributed by atoms with Crippen molar-refractivity contribution in [2.45, 2.75) is 25.2 Å². The predicted molar refractivity (Wildman–Crippen MR) is 91.5 cm³/mol. The zero-order valence-corrected chi connectivity index (χ0v) is 13.4. The summed E-state index contributed by atoms with van der Waals surface area (Å²) in [6.45, 7) is 0. The molecule has 0 bridgehead atoms. The van der Waals surface area contributed by atoms with Gasteiger partial charge in [-0.05, 0) is 36.0 Å². The molecule has 2 aromatic rings. The number of amides is 1. The topological polar surface area (TPSA) is 44.1 Å². The molecule has 1 saturated heterocycles. The van der Waals surface area contributed by atoms with Crippen LogP contribution in [0, 0.1) is 17.4 Å². The van der Waals surface area contributed by atoms with Crippen LogP contribution in [0.15, 0.2) is 71.9 Å². The molecule has 2 aromatic carbocycles. The van der Waals surface area contributed by atoms with E-state index in [0.717, 1.165) is 30.5 Å². The molecule has 0 N–H and O–H groups in total. The third-order valence-corrected chi connectivity index (χ3v) is 5.12. The molecule has 1 aliphatic heterocycles. The summed E-state index contributed by atoms with van der Waals surface area (Å²) >= 11 is 0. The highest BCUT2D eigenvalue weighted by atomic mass is 16.2. The minimum Gasteiger partial charge on any atom is -0.273 e. The average Bonchev–Trinajstić information content (AvgIpc) is 3.14. The van der Waals surface area contributed by atoms with E-state index in [1.165, 1.54) is 16.0 Å². The van der Waals surface area contributed by atoms with Crippen molar-refractivity contribution in [1.29, 1.82) is 5.26 Å². The zero-order valence-electron chi connectivity index (χ0n) is 13.4. The molecular weight excluding hydrogens is 296 g/mol. The third kappa shape index (κ3) is 2.32. The number of hydrogen-bond acceptors (Lipinski definition) is 2. The molecule has 1 fully saturated rings. The van der Waals surface area contributed by atoms with Crippen LogP contribution < -0.4 is 0 Å². The Morgan fingerprint density at radius 3 is 2.38 bits per heavy atom. The van der Waals surface area contributed by atoms with Gasteiger partial charge in [0.1, 0.15) is 0 Å². The van der Waals surface area contributed by atoms with Crippen LogP contribution in [0.2, 0.25) is 0 Å². The summed E-state index contributed by atoms with van der Waals surface area (Å²) in [6, 6.07) is 20.1. The number of rotatable bonds is 3. The maximum Gasteiger partial charge on any atom is 0.248 e. The molecule has 0 saturated carbocycles. The lowest BCUT2D eigenvalue weighted by Crippen LogP contribution is -2.21. The normalized spacial score (nSPS) is 22.6. The van der Waals surface area contributed by atoms with Crippen LogP contribution in [0.25, 0.3) is 0 Å². The van der Waals surface area contributed by atoms with E-state index in [9.17, 15) is 10.1 Å². The van der Waals surface area contributed by atoms with Gasteiger partial charge in [-0.3, -0.25) is 4.79 Å². The van der Waals surface area contributed by atoms with E-state index >= 15 is 0 Å². The molecule has 3 nitrogen and oxygen atoms in total. The van der Waals surface area contributed by atoms with E-state index in [0.29, 0.717) is 0 Å². The molecule has 2 aliphatic rings. The summed E-state index contributed by atoms with van der Waals surface area (Å²) < 4.78 is 0. The van der Waals surface area contributed by atoms with Gasteiger partial charge in [0.25, 0.3) is 0 Å². The largest absolute Gasteiger partial charge is 0.273 e. The Balaban J connectivity index is 1.73. The number of carbonyl (C=O) groups excluding carboxylic acids is 1. The van der Waals surface area contributed by atoms with Gasteiger partial charge < -0.3 is 0 Å². The first-order valence-corrected chi connectivity index (χ1v) is 8.34. The minimum absolute atomic E-state index is 0.0750. The molecule has 0 radical (unpaired) electrons. The average molecular weight is 314 g/mol. The Labute approximate surface area is 141 Å². The van der Waals surface area contributed by atoms with Crippen LogP contribution in [0.3, 0.4) is 0 Å². The van der Waals surface area contributed by atoms with Crippen LogP contribution in [0.1, 0.15) is 29.9 Å². The van der Waals surface area contributed by atoms with Gasteiger partial charge in [-0.1, -0.05) is 60.7 Å². The Hall–Kier alpha value is -2.86. The van der Waals surface area contributed by atoms with Crippen LogP contribution >= 0.6 is 0 Å². The van der Waals surface area contributed by atoms with Crippen molar-refractivity contribution in [3.8, 4) is 6.19 Å². The molecule has 0 aromatic heterocycles. The van der Waals surface area contributed by atoms with Crippen LogP contribution in [0.5, 0.6) is 0 Å². The zero-order chi connectivity index (χ0) is 16.5. The lowest BCUT2D eigenvalue weighted by molar-refractivity contribution is -0.126. The monoisotopic (exact) mass is 314 g/mol. The third-order valence-electron chi connectivity index (χ3n) is 5.12. The van der Waals surface area contributed by atoms with Crippen molar-refractivity contribution < 1.29 is 4.79 Å². The van der Waals surface area contributed by atoms with E-state index in [1.54, 1.807) is 0 Å². The van der Waals surface area contributed by atoms with Crippen molar-refractivity contribution in [2.24, 2.45) is 5.92 Å². The minimum atomic E-state index is -0.214. The summed E-state index contributed by atoms with van der Waals surface area (Å²) in [5, 5.41) is 9.55. The Morgan fingerprint density at radius 2 is 1.71 bits per heavy atom. The lowest BCUT2D eigenvalue weighted by Gasteiger charge is -2.13. The van der Waals surface area contributed by atoms with Gasteiger partial charge in [-0.25, -0.2) is 4.90 Å². The first-order chi connectivity index (χ1) is 11.8. The van der Waals surface area contributed by atoms with Gasteiger partial charge >= 0.3 is 0 Å². The smallest absolute Gasteiger partial charge is 0.248 e. The Bertz CT molecular complexity index is 833. The maximum absolute atomic E-state index is 12.8. The van der Waals surface area contributed by atoms with Gasteiger partial charge in [0.2, 0.25) is 5.91 Å². The van der Waals surface area contributed by atoms with Crippen molar-refractivity contribution in [3.63, 3.8) is 0 Å². The lowest BCUT2D eigenvalue weighted by atomic mass is 9.87. The number of fused-ring (bicyclic) bond motifs is 1. The van der Waals surface area contributed by atoms with Gasteiger partial charge in [0.15, 0.2) is 6.19 Å². The van der Waals surface area contributed by atoms with E-state index in [4.69, 9.17) is 0 Å². The maximum atomic E-state index is 12.8. The molecule has 1 amide bonds. The number of benzene rings is 2. The first-order valence-electron chi connectivity index (χ1n) is 8.34. The van der Waals surface area contributed by atoms with Crippen LogP contribution in [0.4, 0.5) is 0 Å². The summed E-state index contributed by atoms with van der Waals surface area (Å²) in [5.41, 5.74) is 4.44. The summed E-state index contributed by atoms with van der Waals surface area (Å²) in [5.74, 6) is -0.152. The number of nitriles is 1. The SMILES string of the molecule is N#CN1C(=O)C(c2ccccc2)C2CCC(Cc3ccccc3)=C21. The van der Waals surface area contributed by atoms with Gasteiger partial charge in [-0.15, -0.1) is 0 Å². The molecule has 1 heterocycles. The predicted octanol–water partition coefficient (Wildman–Crippen LogP) is 4.00. The Morgan fingerprint density at radius 1 is 1.04 bits per heavy atom. The van der Waals surface area contributed by atoms with Crippen molar-refractivity contribution in [1.82, 2.24) is 4.90 Å². The quantitative estimate of drug-likeness (QED) is 0.804. The second-order valence-corrected chi connectivity index (χ2v) is 6.46. The highest BCUT2D eigenvalue weighted by molar-refractivity contribution is 5.91. The molecule has 4 rings (SSSR count). The molecule has 1 aliphatic carbocycles. The van der Waals surface area contributed by atoms with Gasteiger partial charge in [-0.2, -0.15) is 5.26 Å². The molecule has 2 unspecified atom stereocenters. The van der Waals surface area contributed by atoms with Gasteiger partial charge in [0, 0.05) is 11.6 Å². The molecule has 2 atom stereocenters. The summed E-state index contributed by atoms with van der Waals surface area (Å²) in [6.07, 6.45) is 4.85. The second-order valence-electron chi connectivity index (χ2n) is 6.46. The first kappa shape index (κ1) is 14.7. The van der Waals surface area contributed by atoms with Crippen LogP contribution in [-0.2, 0) is 11.2 Å². The van der Waals surface area contributed by atoms with E-state index < -0.39 is 0 Å². The summed E-state index contributed by atoms with van der Waals surface area (Å²) in [7, 11) is 0. The second kappa shape index (κ2) is 5.98.